The Kier molecular flexibility index (Phi) is 4.47. The summed E-state index contributed by atoms with van der Waals surface area (Å²) < 4.78 is 16.5. The molecule has 0 N–H and O–H groups in total. The Hall–Kier alpha value is -2.37. The van der Waals surface area contributed by atoms with Gasteiger partial charge in [0.1, 0.15) is 11.9 Å². The highest BCUT2D eigenvalue weighted by Gasteiger charge is 2.56. The topological polar surface area (TPSA) is 78.9 Å². The van der Waals surface area contributed by atoms with Crippen LogP contribution in [0.3, 0.4) is 0 Å². The maximum atomic E-state index is 12.6. The summed E-state index contributed by atoms with van der Waals surface area (Å²) in [5, 5.41) is 0. The summed E-state index contributed by atoms with van der Waals surface area (Å²) in [6, 6.07) is 0. The zero-order valence-corrected chi connectivity index (χ0v) is 16.7. The molecule has 4 aliphatic rings. The molecule has 2 aliphatic carbocycles. The summed E-state index contributed by atoms with van der Waals surface area (Å²) >= 11 is 0. The number of ketones is 1. The van der Waals surface area contributed by atoms with Gasteiger partial charge in [-0.05, 0) is 50.0 Å². The molecule has 6 heteroatoms. The number of rotatable bonds is 4. The minimum absolute atomic E-state index is 0.0400. The Morgan fingerprint density at radius 1 is 1.29 bits per heavy atom. The fourth-order valence-corrected chi connectivity index (χ4v) is 5.22. The Balaban J connectivity index is 1.67. The van der Waals surface area contributed by atoms with E-state index < -0.39 is 18.2 Å². The lowest BCUT2D eigenvalue weighted by atomic mass is 9.72. The van der Waals surface area contributed by atoms with Crippen molar-refractivity contribution in [2.45, 2.75) is 65.8 Å². The number of hydrogen-bond acceptors (Lipinski definition) is 6. The number of carbonyl (C=O) groups excluding carboxylic acids is 3. The molecule has 0 radical (unpaired) electrons. The molecule has 2 heterocycles. The molecule has 0 aromatic rings. The van der Waals surface area contributed by atoms with Crippen LogP contribution in [0.2, 0.25) is 0 Å². The number of ether oxygens (including phenoxy) is 3. The van der Waals surface area contributed by atoms with Gasteiger partial charge in [0, 0.05) is 24.0 Å². The molecule has 0 bridgehead atoms. The Bertz CT molecular complexity index is 843. The van der Waals surface area contributed by atoms with E-state index in [1.54, 1.807) is 19.9 Å². The monoisotopic (exact) mass is 386 g/mol. The van der Waals surface area contributed by atoms with Gasteiger partial charge in [-0.2, -0.15) is 0 Å². The van der Waals surface area contributed by atoms with Crippen LogP contribution in [0.15, 0.2) is 34.6 Å². The molecular weight excluding hydrogens is 360 g/mol. The van der Waals surface area contributed by atoms with E-state index in [1.807, 2.05) is 0 Å². The lowest BCUT2D eigenvalue weighted by Gasteiger charge is -2.35. The van der Waals surface area contributed by atoms with Crippen LogP contribution in [0.25, 0.3) is 0 Å². The van der Waals surface area contributed by atoms with E-state index in [0.717, 1.165) is 19.3 Å². The van der Waals surface area contributed by atoms with Crippen molar-refractivity contribution in [2.24, 2.45) is 17.3 Å². The highest BCUT2D eigenvalue weighted by atomic mass is 16.7. The first-order valence-corrected chi connectivity index (χ1v) is 9.88. The van der Waals surface area contributed by atoms with Gasteiger partial charge in [-0.15, -0.1) is 0 Å². The van der Waals surface area contributed by atoms with Gasteiger partial charge >= 0.3 is 11.9 Å². The van der Waals surface area contributed by atoms with E-state index in [4.69, 9.17) is 14.2 Å². The van der Waals surface area contributed by atoms with Crippen LogP contribution in [0.1, 0.15) is 53.4 Å². The molecule has 0 aromatic heterocycles. The van der Waals surface area contributed by atoms with Crippen LogP contribution in [0.5, 0.6) is 0 Å². The molecule has 0 spiro atoms. The van der Waals surface area contributed by atoms with Crippen molar-refractivity contribution < 1.29 is 28.6 Å². The lowest BCUT2D eigenvalue weighted by Crippen LogP contribution is -2.27. The number of carbonyl (C=O) groups is 3. The van der Waals surface area contributed by atoms with Gasteiger partial charge in [0.25, 0.3) is 6.29 Å². The number of esters is 2. The molecule has 4 rings (SSSR count). The Labute approximate surface area is 164 Å². The van der Waals surface area contributed by atoms with Gasteiger partial charge in [-0.1, -0.05) is 19.4 Å². The SMILES string of the molecule is CC(=O)C[C@@H]1C2=C([C@H]3OC(=O)/C(=C/OC4C=C(C)C(=O)O4)[C@@H]13)C(C)(C)CCC2. The third-order valence-corrected chi connectivity index (χ3v) is 6.41. The van der Waals surface area contributed by atoms with Gasteiger partial charge in [0.2, 0.25) is 0 Å². The molecule has 2 aliphatic heterocycles. The van der Waals surface area contributed by atoms with Crippen molar-refractivity contribution >= 4 is 17.7 Å². The molecule has 150 valence electrons. The second-order valence-corrected chi connectivity index (χ2v) is 8.87. The first-order chi connectivity index (χ1) is 13.2. The van der Waals surface area contributed by atoms with Crippen molar-refractivity contribution in [3.8, 4) is 0 Å². The molecule has 0 saturated carbocycles. The quantitative estimate of drug-likeness (QED) is 0.319. The summed E-state index contributed by atoms with van der Waals surface area (Å²) in [6.45, 7) is 7.61. The third kappa shape index (κ3) is 2.99. The minimum Gasteiger partial charge on any atom is -0.458 e. The van der Waals surface area contributed by atoms with Crippen molar-refractivity contribution in [1.82, 2.24) is 0 Å². The van der Waals surface area contributed by atoms with E-state index >= 15 is 0 Å². The number of hydrogen-bond donors (Lipinski definition) is 0. The summed E-state index contributed by atoms with van der Waals surface area (Å²) in [5.41, 5.74) is 3.32. The van der Waals surface area contributed by atoms with Crippen LogP contribution in [0, 0.1) is 17.3 Å². The summed E-state index contributed by atoms with van der Waals surface area (Å²) in [5.74, 6) is -1.00. The second-order valence-electron chi connectivity index (χ2n) is 8.87. The number of fused-ring (bicyclic) bond motifs is 2. The first-order valence-electron chi connectivity index (χ1n) is 9.88. The normalized spacial score (nSPS) is 34.7. The molecule has 28 heavy (non-hydrogen) atoms. The van der Waals surface area contributed by atoms with Crippen LogP contribution in [0.4, 0.5) is 0 Å². The number of Topliss-reactive ketones (excluding diaryl/α,β-unsaturated/α-hetero) is 1. The molecule has 4 atom stereocenters. The van der Waals surface area contributed by atoms with Crippen molar-refractivity contribution in [2.75, 3.05) is 0 Å². The number of allylic oxidation sites excluding steroid dienone is 1. The lowest BCUT2D eigenvalue weighted by molar-refractivity contribution is -0.152. The zero-order chi connectivity index (χ0) is 20.2. The minimum atomic E-state index is -0.835. The van der Waals surface area contributed by atoms with Gasteiger partial charge < -0.3 is 19.0 Å². The van der Waals surface area contributed by atoms with Crippen molar-refractivity contribution in [3.63, 3.8) is 0 Å². The van der Waals surface area contributed by atoms with Crippen LogP contribution < -0.4 is 0 Å². The van der Waals surface area contributed by atoms with Crippen molar-refractivity contribution in [1.29, 1.82) is 0 Å². The fourth-order valence-electron chi connectivity index (χ4n) is 5.22. The van der Waals surface area contributed by atoms with E-state index in [0.29, 0.717) is 17.6 Å². The van der Waals surface area contributed by atoms with Gasteiger partial charge in [-0.25, -0.2) is 9.59 Å². The van der Waals surface area contributed by atoms with Gasteiger partial charge in [0.05, 0.1) is 11.8 Å². The molecule has 1 fully saturated rings. The van der Waals surface area contributed by atoms with E-state index in [2.05, 4.69) is 13.8 Å². The molecular formula is C22H26O6. The average Bonchev–Trinajstić information content (AvgIpc) is 3.18. The highest BCUT2D eigenvalue weighted by Crippen LogP contribution is 2.58. The first kappa shape index (κ1) is 19.0. The maximum absolute atomic E-state index is 12.6. The smallest absolute Gasteiger partial charge is 0.338 e. The van der Waals surface area contributed by atoms with Gasteiger partial charge in [-0.3, -0.25) is 0 Å². The second kappa shape index (κ2) is 6.61. The average molecular weight is 386 g/mol. The van der Waals surface area contributed by atoms with Crippen LogP contribution in [-0.4, -0.2) is 30.1 Å². The molecule has 0 aromatic carbocycles. The predicted molar refractivity (Wildman–Crippen MR) is 99.6 cm³/mol. The predicted octanol–water partition coefficient (Wildman–Crippen LogP) is 3.37. The van der Waals surface area contributed by atoms with Crippen LogP contribution >= 0.6 is 0 Å². The zero-order valence-electron chi connectivity index (χ0n) is 16.7. The van der Waals surface area contributed by atoms with E-state index in [9.17, 15) is 14.4 Å². The largest absolute Gasteiger partial charge is 0.458 e. The summed E-state index contributed by atoms with van der Waals surface area (Å²) in [4.78, 5) is 36.1. The molecule has 1 saturated heterocycles. The summed E-state index contributed by atoms with van der Waals surface area (Å²) in [7, 11) is 0. The number of cyclic esters (lactones) is 1. The molecule has 0 amide bonds. The van der Waals surface area contributed by atoms with Crippen LogP contribution in [-0.2, 0) is 28.6 Å². The fraction of sp³-hybridized carbons (Fsp3) is 0.591. The Morgan fingerprint density at radius 3 is 2.68 bits per heavy atom. The van der Waals surface area contributed by atoms with E-state index in [-0.39, 0.29) is 29.1 Å². The van der Waals surface area contributed by atoms with Crippen molar-refractivity contribution in [3.05, 3.63) is 34.6 Å². The third-order valence-electron chi connectivity index (χ3n) is 6.41. The molecule has 1 unspecified atom stereocenters. The van der Waals surface area contributed by atoms with Gasteiger partial charge in [0.15, 0.2) is 0 Å². The molecule has 6 nitrogen and oxygen atoms in total. The standard InChI is InChI=1S/C22H26O6/c1-11-8-16(27-20(11)24)26-10-15-17-14(9-12(2)23)13-6-5-7-22(3,4)18(13)19(17)28-21(15)25/h8,10,14,16-17,19H,5-7,9H2,1-4H3/b15-10+/t14-,16?,17-,19+/m1/s1. The summed E-state index contributed by atoms with van der Waals surface area (Å²) in [6.07, 6.45) is 5.23. The maximum Gasteiger partial charge on any atom is 0.338 e. The highest BCUT2D eigenvalue weighted by molar-refractivity contribution is 5.93. The Morgan fingerprint density at radius 2 is 2.04 bits per heavy atom. The van der Waals surface area contributed by atoms with E-state index in [1.165, 1.54) is 17.4 Å².